The molecule has 0 aliphatic carbocycles. The van der Waals surface area contributed by atoms with Gasteiger partial charge in [0.1, 0.15) is 5.82 Å². The van der Waals surface area contributed by atoms with Crippen molar-refractivity contribution in [1.29, 1.82) is 0 Å². The summed E-state index contributed by atoms with van der Waals surface area (Å²) in [4.78, 5) is 19.6. The van der Waals surface area contributed by atoms with Gasteiger partial charge in [-0.2, -0.15) is 0 Å². The molecule has 0 fully saturated rings. The van der Waals surface area contributed by atoms with Crippen LogP contribution < -0.4 is 0 Å². The first kappa shape index (κ1) is 16.2. The van der Waals surface area contributed by atoms with Gasteiger partial charge in [-0.25, -0.2) is 9.38 Å². The molecule has 0 radical (unpaired) electrons. The second-order valence-corrected chi connectivity index (χ2v) is 5.57. The Bertz CT molecular complexity index is 766. The minimum Gasteiger partial charge on any atom is -0.505 e. The first-order chi connectivity index (χ1) is 10.5. The minimum atomic E-state index is -0.922. The van der Waals surface area contributed by atoms with Crippen molar-refractivity contribution in [2.75, 3.05) is 0 Å². The Balaban J connectivity index is 2.47. The van der Waals surface area contributed by atoms with Crippen LogP contribution in [0.2, 0.25) is 0 Å². The van der Waals surface area contributed by atoms with Gasteiger partial charge in [0, 0.05) is 28.0 Å². The molecular weight excluding hydrogens is 351 g/mol. The molecule has 2 N–H and O–H groups in total. The molecule has 0 bridgehead atoms. The molecular formula is C16H14BrFN2O2. The molecule has 2 rings (SSSR count). The largest absolute Gasteiger partial charge is 0.505 e. The Labute approximate surface area is 135 Å². The molecule has 2 aromatic rings. The number of H-pyrrole nitrogens is 1. The fourth-order valence-corrected chi connectivity index (χ4v) is 2.20. The number of aromatic nitrogens is 1. The number of aromatic hydroxyl groups is 1. The number of phenols is 1. The zero-order valence-corrected chi connectivity index (χ0v) is 13.4. The number of benzene rings is 1. The first-order valence-corrected chi connectivity index (χ1v) is 7.35. The third-order valence-electron chi connectivity index (χ3n) is 3.12. The molecule has 0 spiro atoms. The number of nitrogens with one attached hydrogen (secondary N) is 1. The molecule has 114 valence electrons. The SMILES string of the molecule is C=C(Br)/C=N\c1[nH]cc(C(=O)c2cccc(O)c2F)c1CC. The minimum absolute atomic E-state index is 0.172. The van der Waals surface area contributed by atoms with Crippen LogP contribution in [0, 0.1) is 5.82 Å². The van der Waals surface area contributed by atoms with Crippen molar-refractivity contribution in [2.45, 2.75) is 13.3 Å². The number of halogens is 2. The van der Waals surface area contributed by atoms with Crippen LogP contribution in [0.5, 0.6) is 5.75 Å². The van der Waals surface area contributed by atoms with Crippen molar-refractivity contribution < 1.29 is 14.3 Å². The number of allylic oxidation sites excluding steroid dienone is 1. The van der Waals surface area contributed by atoms with E-state index in [2.05, 4.69) is 32.5 Å². The molecule has 22 heavy (non-hydrogen) atoms. The van der Waals surface area contributed by atoms with Crippen LogP contribution in [0.15, 0.2) is 40.4 Å². The van der Waals surface area contributed by atoms with E-state index in [0.717, 1.165) is 0 Å². The van der Waals surface area contributed by atoms with Gasteiger partial charge in [0.25, 0.3) is 0 Å². The average Bonchev–Trinajstić information content (AvgIpc) is 2.90. The van der Waals surface area contributed by atoms with Crippen molar-refractivity contribution in [3.63, 3.8) is 0 Å². The summed E-state index contributed by atoms with van der Waals surface area (Å²) in [7, 11) is 0. The number of phenolic OH excluding ortho intramolecular Hbond substituents is 1. The van der Waals surface area contributed by atoms with E-state index in [1.54, 1.807) is 0 Å². The number of hydrogen-bond donors (Lipinski definition) is 2. The van der Waals surface area contributed by atoms with Crippen LogP contribution in [0.4, 0.5) is 10.2 Å². The van der Waals surface area contributed by atoms with Gasteiger partial charge >= 0.3 is 0 Å². The predicted octanol–water partition coefficient (Wildman–Crippen LogP) is 4.26. The van der Waals surface area contributed by atoms with Gasteiger partial charge in [0.2, 0.25) is 0 Å². The lowest BCUT2D eigenvalue weighted by atomic mass is 10.00. The zero-order valence-electron chi connectivity index (χ0n) is 11.9. The van der Waals surface area contributed by atoms with Crippen molar-refractivity contribution in [1.82, 2.24) is 4.98 Å². The van der Waals surface area contributed by atoms with E-state index in [1.807, 2.05) is 6.92 Å². The Morgan fingerprint density at radius 2 is 2.23 bits per heavy atom. The molecule has 1 aromatic carbocycles. The fraction of sp³-hybridized carbons (Fsp3) is 0.125. The van der Waals surface area contributed by atoms with Crippen LogP contribution in [-0.2, 0) is 6.42 Å². The summed E-state index contributed by atoms with van der Waals surface area (Å²) >= 11 is 3.17. The molecule has 0 aliphatic heterocycles. The standard InChI is InChI=1S/C16H14BrFN2O2/c1-3-10-12(8-20-16(10)19-7-9(2)17)15(22)11-5-4-6-13(21)14(11)18/h4-8,20-21H,2-3H2,1H3/b19-7-. The summed E-state index contributed by atoms with van der Waals surface area (Å²) in [5, 5.41) is 9.40. The summed E-state index contributed by atoms with van der Waals surface area (Å²) in [5.74, 6) is -1.45. The summed E-state index contributed by atoms with van der Waals surface area (Å²) in [5.41, 5.74) is 0.839. The number of aromatic amines is 1. The number of carbonyl (C=O) groups excluding carboxylic acids is 1. The Kier molecular flexibility index (Phi) is 4.92. The van der Waals surface area contributed by atoms with Crippen LogP contribution >= 0.6 is 15.9 Å². The van der Waals surface area contributed by atoms with E-state index in [9.17, 15) is 14.3 Å². The highest BCUT2D eigenvalue weighted by atomic mass is 79.9. The molecule has 0 aliphatic rings. The molecule has 0 atom stereocenters. The highest BCUT2D eigenvalue weighted by molar-refractivity contribution is 9.12. The normalized spacial score (nSPS) is 11.0. The highest BCUT2D eigenvalue weighted by Gasteiger charge is 2.21. The molecule has 6 heteroatoms. The number of nitrogens with zero attached hydrogens (tertiary/aromatic N) is 1. The smallest absolute Gasteiger partial charge is 0.197 e. The first-order valence-electron chi connectivity index (χ1n) is 6.56. The third-order valence-corrected chi connectivity index (χ3v) is 3.32. The lowest BCUT2D eigenvalue weighted by molar-refractivity contribution is 0.103. The van der Waals surface area contributed by atoms with E-state index in [4.69, 9.17) is 0 Å². The summed E-state index contributed by atoms with van der Waals surface area (Å²) in [6, 6.07) is 3.96. The van der Waals surface area contributed by atoms with Gasteiger partial charge in [-0.15, -0.1) is 0 Å². The Hall–Kier alpha value is -2.21. The number of ketones is 1. The molecule has 0 saturated carbocycles. The molecule has 0 amide bonds. The summed E-state index contributed by atoms with van der Waals surface area (Å²) < 4.78 is 14.5. The molecule has 1 aromatic heterocycles. The monoisotopic (exact) mass is 364 g/mol. The van der Waals surface area contributed by atoms with Crippen molar-refractivity contribution in [2.24, 2.45) is 4.99 Å². The van der Waals surface area contributed by atoms with E-state index in [1.165, 1.54) is 30.6 Å². The maximum absolute atomic E-state index is 13.9. The fourth-order valence-electron chi connectivity index (χ4n) is 2.09. The molecule has 0 saturated heterocycles. The quantitative estimate of drug-likeness (QED) is 0.614. The van der Waals surface area contributed by atoms with Crippen molar-refractivity contribution in [3.05, 3.63) is 58.0 Å². The maximum atomic E-state index is 13.9. The number of carbonyl (C=O) groups is 1. The predicted molar refractivity (Wildman–Crippen MR) is 87.9 cm³/mol. The molecule has 0 unspecified atom stereocenters. The van der Waals surface area contributed by atoms with Gasteiger partial charge in [-0.1, -0.05) is 19.6 Å². The lowest BCUT2D eigenvalue weighted by Gasteiger charge is -2.05. The number of aliphatic imine (C=N–C) groups is 1. The molecule has 1 heterocycles. The number of hydrogen-bond acceptors (Lipinski definition) is 3. The van der Waals surface area contributed by atoms with Crippen LogP contribution in [0.3, 0.4) is 0 Å². The van der Waals surface area contributed by atoms with Crippen LogP contribution in [0.1, 0.15) is 28.4 Å². The summed E-state index contributed by atoms with van der Waals surface area (Å²) in [6.07, 6.45) is 3.55. The van der Waals surface area contributed by atoms with Gasteiger partial charge in [0.05, 0.1) is 5.56 Å². The second kappa shape index (κ2) is 6.70. The van der Waals surface area contributed by atoms with Crippen molar-refractivity contribution >= 4 is 33.7 Å². The molecule has 4 nitrogen and oxygen atoms in total. The lowest BCUT2D eigenvalue weighted by Crippen LogP contribution is -2.05. The van der Waals surface area contributed by atoms with Crippen LogP contribution in [-0.4, -0.2) is 22.1 Å². The number of rotatable bonds is 5. The summed E-state index contributed by atoms with van der Waals surface area (Å²) in [6.45, 7) is 5.52. The highest BCUT2D eigenvalue weighted by Crippen LogP contribution is 2.27. The van der Waals surface area contributed by atoms with Crippen molar-refractivity contribution in [3.8, 4) is 5.75 Å². The topological polar surface area (TPSA) is 65.5 Å². The third kappa shape index (κ3) is 3.17. The van der Waals surface area contributed by atoms with E-state index in [-0.39, 0.29) is 5.56 Å². The average molecular weight is 365 g/mol. The maximum Gasteiger partial charge on any atom is 0.197 e. The van der Waals surface area contributed by atoms with E-state index in [0.29, 0.717) is 27.8 Å². The van der Waals surface area contributed by atoms with E-state index >= 15 is 0 Å². The van der Waals surface area contributed by atoms with E-state index < -0.39 is 17.3 Å². The van der Waals surface area contributed by atoms with Crippen LogP contribution in [0.25, 0.3) is 0 Å². The Morgan fingerprint density at radius 1 is 1.50 bits per heavy atom. The van der Waals surface area contributed by atoms with Gasteiger partial charge < -0.3 is 10.1 Å². The second-order valence-electron chi connectivity index (χ2n) is 4.56. The van der Waals surface area contributed by atoms with Gasteiger partial charge in [-0.05, 0) is 34.5 Å². The Morgan fingerprint density at radius 3 is 2.86 bits per heavy atom. The zero-order chi connectivity index (χ0) is 16.3. The van der Waals surface area contributed by atoms with Gasteiger partial charge in [0.15, 0.2) is 17.3 Å². The van der Waals surface area contributed by atoms with Gasteiger partial charge in [-0.3, -0.25) is 4.79 Å².